The number of carbonyl (C=O) groups is 1. The largest absolute Gasteiger partial charge is 0.334 e. The highest BCUT2D eigenvalue weighted by molar-refractivity contribution is 8.03. The molecule has 0 N–H and O–H groups in total. The first-order valence-corrected chi connectivity index (χ1v) is 9.42. The Morgan fingerprint density at radius 1 is 1.00 bits per heavy atom. The molecule has 25 heavy (non-hydrogen) atoms. The van der Waals surface area contributed by atoms with E-state index < -0.39 is 0 Å². The summed E-state index contributed by atoms with van der Waals surface area (Å²) in [4.78, 5) is 16.5. The minimum absolute atomic E-state index is 0.189. The van der Waals surface area contributed by atoms with Gasteiger partial charge >= 0.3 is 0 Å². The number of allylic oxidation sites excluding steroid dienone is 1. The summed E-state index contributed by atoms with van der Waals surface area (Å²) in [7, 11) is 0. The van der Waals surface area contributed by atoms with E-state index in [0.29, 0.717) is 0 Å². The fourth-order valence-corrected chi connectivity index (χ4v) is 5.16. The van der Waals surface area contributed by atoms with Crippen LogP contribution in [0.1, 0.15) is 22.8 Å². The lowest BCUT2D eigenvalue weighted by Gasteiger charge is -2.21. The number of ketones is 1. The van der Waals surface area contributed by atoms with E-state index >= 15 is 0 Å². The van der Waals surface area contributed by atoms with Crippen molar-refractivity contribution in [2.24, 2.45) is 0 Å². The molecule has 0 saturated heterocycles. The number of hydrogen-bond donors (Lipinski definition) is 0. The summed E-state index contributed by atoms with van der Waals surface area (Å²) in [6, 6.07) is 20.8. The lowest BCUT2D eigenvalue weighted by atomic mass is 10.1. The van der Waals surface area contributed by atoms with Gasteiger partial charge in [-0.3, -0.25) is 4.79 Å². The van der Waals surface area contributed by atoms with E-state index in [0.717, 1.165) is 34.7 Å². The van der Waals surface area contributed by atoms with E-state index in [1.54, 1.807) is 11.8 Å². The van der Waals surface area contributed by atoms with Gasteiger partial charge in [-0.2, -0.15) is 0 Å². The molecule has 3 heteroatoms. The SMILES string of the molecule is CCN1C(=C2Cc3ccccc3C2=O)Sc2ccc3ccccc3c21. The topological polar surface area (TPSA) is 20.3 Å². The van der Waals surface area contributed by atoms with Crippen molar-refractivity contribution in [3.05, 3.63) is 82.4 Å². The summed E-state index contributed by atoms with van der Waals surface area (Å²) in [5, 5.41) is 3.61. The average Bonchev–Trinajstić information content (AvgIpc) is 3.19. The Bertz CT molecular complexity index is 1070. The number of nitrogens with zero attached hydrogens (tertiary/aromatic N) is 1. The van der Waals surface area contributed by atoms with Gasteiger partial charge in [0.1, 0.15) is 0 Å². The van der Waals surface area contributed by atoms with Gasteiger partial charge in [0.25, 0.3) is 0 Å². The molecule has 1 heterocycles. The van der Waals surface area contributed by atoms with Crippen molar-refractivity contribution >= 4 is 34.0 Å². The van der Waals surface area contributed by atoms with E-state index in [9.17, 15) is 4.79 Å². The second-order valence-corrected chi connectivity index (χ2v) is 7.46. The minimum atomic E-state index is 0.189. The predicted octanol–water partition coefficient (Wildman–Crippen LogP) is 5.42. The molecule has 0 fully saturated rings. The minimum Gasteiger partial charge on any atom is -0.334 e. The van der Waals surface area contributed by atoms with Gasteiger partial charge in [0.05, 0.1) is 10.7 Å². The zero-order valence-corrected chi connectivity index (χ0v) is 14.8. The van der Waals surface area contributed by atoms with Crippen molar-refractivity contribution in [1.29, 1.82) is 0 Å². The molecular formula is C22H17NOS. The van der Waals surface area contributed by atoms with Crippen LogP contribution in [0.4, 0.5) is 5.69 Å². The molecule has 0 spiro atoms. The number of Topliss-reactive ketones (excluding diaryl/α,β-unsaturated/α-hetero) is 1. The monoisotopic (exact) mass is 343 g/mol. The molecule has 0 bridgehead atoms. The van der Waals surface area contributed by atoms with Crippen LogP contribution in [0, 0.1) is 0 Å². The van der Waals surface area contributed by atoms with E-state index in [2.05, 4.69) is 54.3 Å². The van der Waals surface area contributed by atoms with Gasteiger partial charge in [0.2, 0.25) is 0 Å². The Hall–Kier alpha value is -2.52. The molecule has 2 nitrogen and oxygen atoms in total. The number of fused-ring (bicyclic) bond motifs is 4. The molecule has 2 aliphatic rings. The molecule has 0 unspecified atom stereocenters. The summed E-state index contributed by atoms with van der Waals surface area (Å²) in [6.45, 7) is 3.01. The molecule has 122 valence electrons. The zero-order valence-electron chi connectivity index (χ0n) is 14.0. The number of carbonyl (C=O) groups excluding carboxylic acids is 1. The first kappa shape index (κ1) is 14.8. The number of thioether (sulfide) groups is 1. The molecular weight excluding hydrogens is 326 g/mol. The van der Waals surface area contributed by atoms with Crippen LogP contribution in [0.2, 0.25) is 0 Å². The van der Waals surface area contributed by atoms with Crippen LogP contribution in [0.3, 0.4) is 0 Å². The normalized spacial score (nSPS) is 18.8. The molecule has 0 atom stereocenters. The zero-order chi connectivity index (χ0) is 17.0. The van der Waals surface area contributed by atoms with Gasteiger partial charge in [-0.05, 0) is 23.9 Å². The smallest absolute Gasteiger partial charge is 0.192 e. The summed E-state index contributed by atoms with van der Waals surface area (Å²) < 4.78 is 0. The Morgan fingerprint density at radius 3 is 2.64 bits per heavy atom. The average molecular weight is 343 g/mol. The van der Waals surface area contributed by atoms with Crippen molar-refractivity contribution in [3.8, 4) is 0 Å². The summed E-state index contributed by atoms with van der Waals surface area (Å²) in [6.07, 6.45) is 0.736. The second kappa shape index (κ2) is 5.50. The third-order valence-corrected chi connectivity index (χ3v) is 6.27. The number of rotatable bonds is 1. The third-order valence-electron chi connectivity index (χ3n) is 5.06. The fourth-order valence-electron chi connectivity index (χ4n) is 3.88. The highest BCUT2D eigenvalue weighted by Crippen LogP contribution is 2.51. The molecule has 3 aromatic rings. The van der Waals surface area contributed by atoms with Crippen molar-refractivity contribution in [2.75, 3.05) is 11.4 Å². The Kier molecular flexibility index (Phi) is 3.25. The van der Waals surface area contributed by atoms with Gasteiger partial charge in [0, 0.05) is 34.4 Å². The standard InChI is InChI=1S/C22H17NOS/c1-2-23-20-16-9-5-3-7-14(16)11-12-19(20)25-22(23)18-13-15-8-4-6-10-17(15)21(18)24/h3-12H,2,13H2,1H3. The van der Waals surface area contributed by atoms with E-state index in [-0.39, 0.29) is 5.78 Å². The van der Waals surface area contributed by atoms with Crippen LogP contribution in [0.15, 0.2) is 76.2 Å². The van der Waals surface area contributed by atoms with Crippen molar-refractivity contribution in [1.82, 2.24) is 0 Å². The van der Waals surface area contributed by atoms with E-state index in [1.165, 1.54) is 21.4 Å². The first-order chi connectivity index (χ1) is 12.3. The van der Waals surface area contributed by atoms with Crippen molar-refractivity contribution in [2.45, 2.75) is 18.2 Å². The van der Waals surface area contributed by atoms with Crippen LogP contribution in [0.25, 0.3) is 10.8 Å². The lowest BCUT2D eigenvalue weighted by molar-refractivity contribution is 0.103. The first-order valence-electron chi connectivity index (χ1n) is 8.61. The molecule has 0 radical (unpaired) electrons. The van der Waals surface area contributed by atoms with E-state index in [1.807, 2.05) is 18.2 Å². The van der Waals surface area contributed by atoms with Crippen LogP contribution in [-0.4, -0.2) is 12.3 Å². The number of benzene rings is 3. The van der Waals surface area contributed by atoms with Gasteiger partial charge in [-0.1, -0.05) is 66.4 Å². The molecule has 1 aliphatic carbocycles. The Balaban J connectivity index is 1.70. The maximum atomic E-state index is 13.0. The Morgan fingerprint density at radius 2 is 1.80 bits per heavy atom. The Labute approximate surface area is 151 Å². The summed E-state index contributed by atoms with van der Waals surface area (Å²) in [5.74, 6) is 0.189. The third kappa shape index (κ3) is 2.09. The molecule has 1 aliphatic heterocycles. The highest BCUT2D eigenvalue weighted by atomic mass is 32.2. The molecule has 0 amide bonds. The molecule has 5 rings (SSSR count). The fraction of sp³-hybridized carbons (Fsp3) is 0.136. The second-order valence-electron chi connectivity index (χ2n) is 6.43. The van der Waals surface area contributed by atoms with Crippen molar-refractivity contribution in [3.63, 3.8) is 0 Å². The van der Waals surface area contributed by atoms with Crippen LogP contribution in [0.5, 0.6) is 0 Å². The highest BCUT2D eigenvalue weighted by Gasteiger charge is 2.34. The summed E-state index contributed by atoms with van der Waals surface area (Å²) >= 11 is 1.74. The maximum Gasteiger partial charge on any atom is 0.192 e. The quantitative estimate of drug-likeness (QED) is 0.550. The molecule has 0 saturated carbocycles. The van der Waals surface area contributed by atoms with Crippen LogP contribution < -0.4 is 4.90 Å². The molecule has 0 aromatic heterocycles. The lowest BCUT2D eigenvalue weighted by Crippen LogP contribution is -2.19. The molecule has 3 aromatic carbocycles. The predicted molar refractivity (Wildman–Crippen MR) is 104 cm³/mol. The van der Waals surface area contributed by atoms with Crippen molar-refractivity contribution < 1.29 is 4.79 Å². The summed E-state index contributed by atoms with van der Waals surface area (Å²) in [5.41, 5.74) is 4.19. The van der Waals surface area contributed by atoms with E-state index in [4.69, 9.17) is 0 Å². The maximum absolute atomic E-state index is 13.0. The van der Waals surface area contributed by atoms with Gasteiger partial charge < -0.3 is 4.90 Å². The van der Waals surface area contributed by atoms with Crippen LogP contribution in [-0.2, 0) is 6.42 Å². The number of anilines is 1. The van der Waals surface area contributed by atoms with Gasteiger partial charge in [0.15, 0.2) is 5.78 Å². The number of hydrogen-bond acceptors (Lipinski definition) is 3. The van der Waals surface area contributed by atoms with Gasteiger partial charge in [-0.25, -0.2) is 0 Å². The van der Waals surface area contributed by atoms with Crippen LogP contribution >= 0.6 is 11.8 Å². The van der Waals surface area contributed by atoms with Gasteiger partial charge in [-0.15, -0.1) is 0 Å².